The van der Waals surface area contributed by atoms with E-state index in [0.717, 1.165) is 13.1 Å². The second-order valence-electron chi connectivity index (χ2n) is 6.88. The molecule has 0 bridgehead atoms. The predicted octanol–water partition coefficient (Wildman–Crippen LogP) is 2.05. The van der Waals surface area contributed by atoms with Crippen LogP contribution in [0.1, 0.15) is 36.4 Å². The van der Waals surface area contributed by atoms with E-state index in [4.69, 9.17) is 9.47 Å². The second kappa shape index (κ2) is 7.64. The van der Waals surface area contributed by atoms with Gasteiger partial charge in [-0.25, -0.2) is 0 Å². The highest BCUT2D eigenvalue weighted by atomic mass is 16.6. The molecule has 5 heteroatoms. The van der Waals surface area contributed by atoms with Crippen LogP contribution >= 0.6 is 0 Å². The Balaban J connectivity index is 1.70. The molecule has 3 rings (SSSR count). The smallest absolute Gasteiger partial charge is 0.254 e. The topological polar surface area (TPSA) is 50.8 Å². The minimum Gasteiger partial charge on any atom is -0.378 e. The first kappa shape index (κ1) is 17.4. The van der Waals surface area contributed by atoms with Crippen LogP contribution in [-0.4, -0.2) is 56.4 Å². The van der Waals surface area contributed by atoms with Gasteiger partial charge in [-0.3, -0.25) is 9.69 Å². The average molecular weight is 332 g/mol. The van der Waals surface area contributed by atoms with Crippen molar-refractivity contribution in [2.75, 3.05) is 40.0 Å². The Hall–Kier alpha value is -1.43. The highest BCUT2D eigenvalue weighted by molar-refractivity contribution is 5.85. The Morgan fingerprint density at radius 3 is 2.62 bits per heavy atom. The Kier molecular flexibility index (Phi) is 5.54. The van der Waals surface area contributed by atoms with E-state index in [1.807, 2.05) is 0 Å². The Morgan fingerprint density at radius 2 is 2.04 bits per heavy atom. The summed E-state index contributed by atoms with van der Waals surface area (Å²) in [7, 11) is 1.59. The number of methoxy groups -OCH3 is 1. The van der Waals surface area contributed by atoms with Crippen molar-refractivity contribution >= 4 is 5.91 Å². The molecule has 1 N–H and O–H groups in total. The zero-order chi connectivity index (χ0) is 17.0. The summed E-state index contributed by atoms with van der Waals surface area (Å²) in [5.74, 6) is -0.0567. The molecule has 0 unspecified atom stereocenters. The molecule has 5 nitrogen and oxygen atoms in total. The maximum atomic E-state index is 12.7. The number of hydrogen-bond donors (Lipinski definition) is 1. The van der Waals surface area contributed by atoms with E-state index in [1.54, 1.807) is 7.11 Å². The zero-order valence-corrected chi connectivity index (χ0v) is 14.7. The van der Waals surface area contributed by atoms with Crippen LogP contribution in [0.3, 0.4) is 0 Å². The lowest BCUT2D eigenvalue weighted by Crippen LogP contribution is -2.50. The van der Waals surface area contributed by atoms with Crippen LogP contribution in [0.2, 0.25) is 0 Å². The van der Waals surface area contributed by atoms with Gasteiger partial charge in [0, 0.05) is 20.1 Å². The number of carbonyl (C=O) groups is 1. The quantitative estimate of drug-likeness (QED) is 0.866. The van der Waals surface area contributed by atoms with Crippen molar-refractivity contribution in [3.63, 3.8) is 0 Å². The zero-order valence-electron chi connectivity index (χ0n) is 14.7. The molecule has 1 aromatic rings. The first-order chi connectivity index (χ1) is 11.6. The van der Waals surface area contributed by atoms with Crippen molar-refractivity contribution in [1.82, 2.24) is 10.2 Å². The minimum atomic E-state index is -0.817. The number of amides is 1. The molecule has 2 fully saturated rings. The lowest BCUT2D eigenvalue weighted by molar-refractivity contribution is -0.143. The molecule has 0 aliphatic carbocycles. The molecule has 2 heterocycles. The van der Waals surface area contributed by atoms with Crippen molar-refractivity contribution in [3.05, 3.63) is 35.4 Å². The summed E-state index contributed by atoms with van der Waals surface area (Å²) in [6.45, 7) is 5.80. The lowest BCUT2D eigenvalue weighted by Gasteiger charge is -2.30. The van der Waals surface area contributed by atoms with Gasteiger partial charge in [0.2, 0.25) is 0 Å². The number of benzene rings is 1. The molecule has 2 aliphatic heterocycles. The number of nitrogens with zero attached hydrogens (tertiary/aromatic N) is 1. The number of carbonyl (C=O) groups excluding carboxylic acids is 1. The average Bonchev–Trinajstić information content (AvgIpc) is 3.29. The highest BCUT2D eigenvalue weighted by Gasteiger charge is 2.42. The molecular weight excluding hydrogens is 304 g/mol. The summed E-state index contributed by atoms with van der Waals surface area (Å²) < 4.78 is 10.9. The van der Waals surface area contributed by atoms with Crippen molar-refractivity contribution in [2.24, 2.45) is 0 Å². The van der Waals surface area contributed by atoms with E-state index in [0.29, 0.717) is 26.2 Å². The van der Waals surface area contributed by atoms with Gasteiger partial charge >= 0.3 is 0 Å². The number of ether oxygens (including phenoxy) is 2. The van der Waals surface area contributed by atoms with Gasteiger partial charge in [0.15, 0.2) is 5.60 Å². The fourth-order valence-electron chi connectivity index (χ4n) is 3.63. The van der Waals surface area contributed by atoms with Gasteiger partial charge in [0.25, 0.3) is 5.91 Å². The van der Waals surface area contributed by atoms with Gasteiger partial charge in [-0.15, -0.1) is 0 Å². The van der Waals surface area contributed by atoms with Crippen LogP contribution in [0.25, 0.3) is 0 Å². The van der Waals surface area contributed by atoms with Crippen LogP contribution in [0.15, 0.2) is 24.3 Å². The summed E-state index contributed by atoms with van der Waals surface area (Å²) in [6, 6.07) is 8.85. The third-order valence-electron chi connectivity index (χ3n) is 5.29. The number of likely N-dealkylation sites (tertiary alicyclic amines) is 1. The van der Waals surface area contributed by atoms with Crippen molar-refractivity contribution < 1.29 is 14.3 Å². The van der Waals surface area contributed by atoms with Crippen molar-refractivity contribution in [1.29, 1.82) is 0 Å². The summed E-state index contributed by atoms with van der Waals surface area (Å²) in [4.78, 5) is 15.1. The largest absolute Gasteiger partial charge is 0.378 e. The van der Waals surface area contributed by atoms with E-state index >= 15 is 0 Å². The normalized spacial score (nSPS) is 25.8. The van der Waals surface area contributed by atoms with Crippen molar-refractivity contribution in [2.45, 2.75) is 37.8 Å². The Labute approximate surface area is 144 Å². The fraction of sp³-hybridized carbons (Fsp3) is 0.632. The summed E-state index contributed by atoms with van der Waals surface area (Å²) in [5.41, 5.74) is 1.70. The summed E-state index contributed by atoms with van der Waals surface area (Å²) in [5, 5.41) is 3.12. The molecule has 1 amide bonds. The molecule has 0 radical (unpaired) electrons. The second-order valence-corrected chi connectivity index (χ2v) is 6.88. The molecule has 2 atom stereocenters. The molecule has 2 saturated heterocycles. The van der Waals surface area contributed by atoms with Gasteiger partial charge in [-0.1, -0.05) is 29.8 Å². The summed E-state index contributed by atoms with van der Waals surface area (Å²) >= 11 is 0. The van der Waals surface area contributed by atoms with Crippen LogP contribution in [0.5, 0.6) is 0 Å². The van der Waals surface area contributed by atoms with Gasteiger partial charge in [-0.05, 0) is 38.4 Å². The van der Waals surface area contributed by atoms with Gasteiger partial charge in [0.1, 0.15) is 0 Å². The molecular formula is C19H28N2O3. The third-order valence-corrected chi connectivity index (χ3v) is 5.29. The van der Waals surface area contributed by atoms with E-state index in [1.165, 1.54) is 24.0 Å². The first-order valence-electron chi connectivity index (χ1n) is 8.86. The molecule has 0 saturated carbocycles. The first-order valence-corrected chi connectivity index (χ1v) is 8.86. The fourth-order valence-corrected chi connectivity index (χ4v) is 3.63. The number of nitrogens with one attached hydrogen (secondary N) is 1. The van der Waals surface area contributed by atoms with Crippen LogP contribution < -0.4 is 5.32 Å². The maximum absolute atomic E-state index is 12.7. The lowest BCUT2D eigenvalue weighted by atomic mass is 10.0. The minimum absolute atomic E-state index is 0.0567. The van der Waals surface area contributed by atoms with Crippen LogP contribution in [0.4, 0.5) is 0 Å². The molecule has 24 heavy (non-hydrogen) atoms. The number of rotatable bonds is 6. The summed E-state index contributed by atoms with van der Waals surface area (Å²) in [6.07, 6.45) is 3.08. The monoisotopic (exact) mass is 332 g/mol. The van der Waals surface area contributed by atoms with E-state index in [2.05, 4.69) is 41.4 Å². The molecule has 132 valence electrons. The van der Waals surface area contributed by atoms with E-state index < -0.39 is 5.60 Å². The van der Waals surface area contributed by atoms with Gasteiger partial charge < -0.3 is 14.8 Å². The number of aryl methyl sites for hydroxylation is 1. The number of hydrogen-bond acceptors (Lipinski definition) is 4. The van der Waals surface area contributed by atoms with Gasteiger partial charge in [0.05, 0.1) is 19.3 Å². The molecule has 1 aromatic carbocycles. The molecule has 2 aliphatic rings. The SMILES string of the molecule is CO[C@@]1(C(=O)NC[C@@H](c2ccc(C)cc2)N2CCCC2)CCOC1. The molecule has 0 aromatic heterocycles. The highest BCUT2D eigenvalue weighted by Crippen LogP contribution is 2.26. The van der Waals surface area contributed by atoms with E-state index in [-0.39, 0.29) is 11.9 Å². The van der Waals surface area contributed by atoms with Gasteiger partial charge in [-0.2, -0.15) is 0 Å². The molecule has 0 spiro atoms. The standard InChI is InChI=1S/C19H28N2O3/c1-15-5-7-16(8-6-15)17(21-10-3-4-11-21)13-20-18(22)19(23-2)9-12-24-14-19/h5-8,17H,3-4,9-14H2,1-2H3,(H,20,22)/t17-,19-/m0/s1. The van der Waals surface area contributed by atoms with Crippen molar-refractivity contribution in [3.8, 4) is 0 Å². The third kappa shape index (κ3) is 3.63. The maximum Gasteiger partial charge on any atom is 0.254 e. The van der Waals surface area contributed by atoms with Crippen LogP contribution in [0, 0.1) is 6.92 Å². The van der Waals surface area contributed by atoms with E-state index in [9.17, 15) is 4.79 Å². The predicted molar refractivity (Wildman–Crippen MR) is 92.9 cm³/mol. The van der Waals surface area contributed by atoms with Crippen LogP contribution in [-0.2, 0) is 14.3 Å². The Bertz CT molecular complexity index is 546. The Morgan fingerprint density at radius 1 is 1.33 bits per heavy atom.